The van der Waals surface area contributed by atoms with Crippen molar-refractivity contribution >= 4 is 0 Å². The maximum Gasteiger partial charge on any atom is 1.00 e. The molecule has 1 aromatic carbocycles. The molecular formula is C15H24LiN. The van der Waals surface area contributed by atoms with Gasteiger partial charge in [0.15, 0.2) is 0 Å². The molecule has 0 aliphatic heterocycles. The fourth-order valence-corrected chi connectivity index (χ4v) is 1.76. The van der Waals surface area contributed by atoms with Gasteiger partial charge in [-0.15, -0.1) is 5.56 Å². The van der Waals surface area contributed by atoms with Crippen LogP contribution in [0.5, 0.6) is 0 Å². The largest absolute Gasteiger partial charge is 1.00 e. The molecule has 0 saturated carbocycles. The van der Waals surface area contributed by atoms with Crippen molar-refractivity contribution in [3.63, 3.8) is 0 Å². The van der Waals surface area contributed by atoms with Gasteiger partial charge in [0.1, 0.15) is 0 Å². The summed E-state index contributed by atoms with van der Waals surface area (Å²) < 4.78 is 0. The smallest absolute Gasteiger partial charge is 0.302 e. The average Bonchev–Trinajstić information content (AvgIpc) is 2.25. The molecule has 1 rings (SSSR count). The Morgan fingerprint density at radius 2 is 1.76 bits per heavy atom. The molecule has 17 heavy (non-hydrogen) atoms. The number of hydrogen-bond acceptors (Lipinski definition) is 1. The van der Waals surface area contributed by atoms with Crippen LogP contribution in [0.2, 0.25) is 0 Å². The Bertz CT molecular complexity index is 324. The molecular weight excluding hydrogens is 201 g/mol. The van der Waals surface area contributed by atoms with Gasteiger partial charge in [0.05, 0.1) is 0 Å². The van der Waals surface area contributed by atoms with Crippen LogP contribution in [0.4, 0.5) is 0 Å². The summed E-state index contributed by atoms with van der Waals surface area (Å²) in [5, 5.41) is 0. The van der Waals surface area contributed by atoms with Gasteiger partial charge >= 0.3 is 18.9 Å². The Hall–Kier alpha value is -0.223. The molecule has 0 bridgehead atoms. The Morgan fingerprint density at radius 3 is 2.24 bits per heavy atom. The van der Waals surface area contributed by atoms with Crippen molar-refractivity contribution in [2.24, 2.45) is 0 Å². The minimum Gasteiger partial charge on any atom is -0.302 e. The third-order valence-corrected chi connectivity index (χ3v) is 3.02. The second-order valence-corrected chi connectivity index (χ2v) is 5.31. The maximum atomic E-state index is 3.34. The first-order chi connectivity index (χ1) is 7.47. The van der Waals surface area contributed by atoms with Crippen LogP contribution in [0.25, 0.3) is 0 Å². The number of nitrogens with zero attached hydrogens (tertiary/aromatic N) is 1. The monoisotopic (exact) mass is 225 g/mol. The first kappa shape index (κ1) is 16.8. The van der Waals surface area contributed by atoms with Gasteiger partial charge in [-0.25, -0.2) is 0 Å². The van der Waals surface area contributed by atoms with Gasteiger partial charge in [-0.2, -0.15) is 29.8 Å². The summed E-state index contributed by atoms with van der Waals surface area (Å²) in [7, 11) is 0. The predicted molar refractivity (Wildman–Crippen MR) is 70.6 cm³/mol. The van der Waals surface area contributed by atoms with Crippen LogP contribution >= 0.6 is 0 Å². The fraction of sp³-hybridized carbons (Fsp3) is 0.600. The molecule has 0 fully saturated rings. The van der Waals surface area contributed by atoms with E-state index in [0.29, 0.717) is 0 Å². The summed E-state index contributed by atoms with van der Waals surface area (Å²) >= 11 is 0. The molecule has 0 N–H and O–H groups in total. The molecule has 0 unspecified atom stereocenters. The van der Waals surface area contributed by atoms with Crippen LogP contribution < -0.4 is 18.9 Å². The first-order valence-electron chi connectivity index (χ1n) is 6.20. The van der Waals surface area contributed by atoms with E-state index in [1.807, 2.05) is 0 Å². The molecule has 90 valence electrons. The molecule has 0 atom stereocenters. The van der Waals surface area contributed by atoms with Gasteiger partial charge in [0, 0.05) is 6.54 Å². The van der Waals surface area contributed by atoms with Crippen molar-refractivity contribution in [2.45, 2.75) is 46.6 Å². The van der Waals surface area contributed by atoms with E-state index in [1.165, 1.54) is 11.1 Å². The summed E-state index contributed by atoms with van der Waals surface area (Å²) in [6.45, 7) is 14.4. The minimum atomic E-state index is 0. The van der Waals surface area contributed by atoms with Crippen LogP contribution in [-0.4, -0.2) is 18.0 Å². The molecule has 2 heteroatoms. The molecule has 0 heterocycles. The van der Waals surface area contributed by atoms with Crippen molar-refractivity contribution < 1.29 is 18.9 Å². The third-order valence-electron chi connectivity index (χ3n) is 3.02. The van der Waals surface area contributed by atoms with Crippen molar-refractivity contribution in [1.82, 2.24) is 4.90 Å². The normalized spacial score (nSPS) is 11.4. The molecule has 0 aliphatic carbocycles. The Morgan fingerprint density at radius 1 is 1.18 bits per heavy atom. The Labute approximate surface area is 119 Å². The van der Waals surface area contributed by atoms with E-state index in [2.05, 4.69) is 63.8 Å². The van der Waals surface area contributed by atoms with Crippen molar-refractivity contribution in [3.05, 3.63) is 35.4 Å². The van der Waals surface area contributed by atoms with E-state index in [0.717, 1.165) is 19.6 Å². The molecule has 1 aromatic rings. The number of benzene rings is 1. The molecule has 0 saturated heterocycles. The molecule has 0 aromatic heterocycles. The maximum absolute atomic E-state index is 3.34. The van der Waals surface area contributed by atoms with E-state index >= 15 is 0 Å². The fourth-order valence-electron chi connectivity index (χ4n) is 1.76. The molecule has 0 aliphatic rings. The van der Waals surface area contributed by atoms with Crippen molar-refractivity contribution in [1.29, 1.82) is 0 Å². The Kier molecular flexibility index (Phi) is 7.17. The first-order valence-corrected chi connectivity index (χ1v) is 6.20. The zero-order valence-corrected chi connectivity index (χ0v) is 12.3. The van der Waals surface area contributed by atoms with Crippen molar-refractivity contribution in [2.75, 3.05) is 13.1 Å². The van der Waals surface area contributed by atoms with Crippen LogP contribution in [0.1, 0.15) is 45.7 Å². The summed E-state index contributed by atoms with van der Waals surface area (Å²) in [6.07, 6.45) is 0. The molecule has 0 amide bonds. The topological polar surface area (TPSA) is 3.24 Å². The van der Waals surface area contributed by atoms with Crippen molar-refractivity contribution in [3.8, 4) is 0 Å². The van der Waals surface area contributed by atoms with Gasteiger partial charge in [-0.1, -0.05) is 34.6 Å². The molecule has 1 nitrogen and oxygen atoms in total. The van der Waals surface area contributed by atoms with E-state index in [-0.39, 0.29) is 24.3 Å². The number of hydrogen-bond donors (Lipinski definition) is 0. The SMILES string of the molecule is CCN(CC)Cc1[c-]ccc(C(C)(C)C)c1.[Li+]. The number of rotatable bonds is 4. The quantitative estimate of drug-likeness (QED) is 0.536. The zero-order valence-electron chi connectivity index (χ0n) is 12.3. The van der Waals surface area contributed by atoms with E-state index in [4.69, 9.17) is 0 Å². The van der Waals surface area contributed by atoms with Gasteiger partial charge in [0.25, 0.3) is 0 Å². The third kappa shape index (κ3) is 5.30. The summed E-state index contributed by atoms with van der Waals surface area (Å²) in [5.41, 5.74) is 2.93. The minimum absolute atomic E-state index is 0. The summed E-state index contributed by atoms with van der Waals surface area (Å²) in [6, 6.07) is 9.86. The standard InChI is InChI=1S/C15H24N.Li/c1-6-16(7-2)12-13-9-8-10-14(11-13)15(3,4)5;/h8,10-11H,6-7,12H2,1-5H3;/q-1;+1. The van der Waals surface area contributed by atoms with Gasteiger partial charge in [-0.3, -0.25) is 0 Å². The molecule has 0 spiro atoms. The van der Waals surface area contributed by atoms with Gasteiger partial charge < -0.3 is 4.90 Å². The van der Waals surface area contributed by atoms with E-state index < -0.39 is 0 Å². The second-order valence-electron chi connectivity index (χ2n) is 5.31. The second kappa shape index (κ2) is 7.26. The molecule has 0 radical (unpaired) electrons. The van der Waals surface area contributed by atoms with Crippen LogP contribution in [-0.2, 0) is 12.0 Å². The van der Waals surface area contributed by atoms with Crippen LogP contribution in [0, 0.1) is 6.07 Å². The average molecular weight is 225 g/mol. The van der Waals surface area contributed by atoms with Gasteiger partial charge in [-0.05, 0) is 18.5 Å². The van der Waals surface area contributed by atoms with E-state index in [9.17, 15) is 0 Å². The Balaban J connectivity index is 0.00000256. The van der Waals surface area contributed by atoms with Gasteiger partial charge in [0.2, 0.25) is 0 Å². The van der Waals surface area contributed by atoms with Crippen LogP contribution in [0.3, 0.4) is 0 Å². The summed E-state index contributed by atoms with van der Waals surface area (Å²) in [5.74, 6) is 0. The van der Waals surface area contributed by atoms with Crippen LogP contribution in [0.15, 0.2) is 18.2 Å². The zero-order chi connectivity index (χ0) is 12.2. The predicted octanol–water partition coefficient (Wildman–Crippen LogP) is 0.630. The summed E-state index contributed by atoms with van der Waals surface area (Å²) in [4.78, 5) is 2.41. The van der Waals surface area contributed by atoms with E-state index in [1.54, 1.807) is 0 Å².